The Labute approximate surface area is 118 Å². The van der Waals surface area contributed by atoms with Crippen LogP contribution in [0.15, 0.2) is 48.5 Å². The number of benzene rings is 2. The van der Waals surface area contributed by atoms with E-state index in [1.54, 1.807) is 0 Å². The van der Waals surface area contributed by atoms with E-state index in [0.717, 1.165) is 27.7 Å². The van der Waals surface area contributed by atoms with Gasteiger partial charge >= 0.3 is 0 Å². The summed E-state index contributed by atoms with van der Waals surface area (Å²) in [5, 5.41) is 17.2. The van der Waals surface area contributed by atoms with Crippen molar-refractivity contribution in [2.24, 2.45) is 7.05 Å². The Bertz CT molecular complexity index is 740. The maximum absolute atomic E-state index is 10.6. The Morgan fingerprint density at radius 1 is 1.15 bits per heavy atom. The van der Waals surface area contributed by atoms with Gasteiger partial charge in [0.1, 0.15) is 0 Å². The molecular formula is C17H18N2O. The maximum atomic E-state index is 10.6. The number of hydrogen-bond donors (Lipinski definition) is 1. The van der Waals surface area contributed by atoms with Crippen molar-refractivity contribution in [1.82, 2.24) is 9.78 Å². The highest BCUT2D eigenvalue weighted by molar-refractivity contribution is 5.85. The molecule has 0 radical (unpaired) electrons. The Kier molecular flexibility index (Phi) is 3.28. The molecule has 0 saturated carbocycles. The van der Waals surface area contributed by atoms with E-state index in [-0.39, 0.29) is 0 Å². The number of aryl methyl sites for hydroxylation is 2. The normalized spacial score (nSPS) is 12.8. The van der Waals surface area contributed by atoms with Gasteiger partial charge in [-0.15, -0.1) is 0 Å². The van der Waals surface area contributed by atoms with Gasteiger partial charge in [-0.3, -0.25) is 4.68 Å². The van der Waals surface area contributed by atoms with Crippen LogP contribution >= 0.6 is 0 Å². The number of nitrogens with zero attached hydrogens (tertiary/aromatic N) is 2. The zero-order valence-corrected chi connectivity index (χ0v) is 11.7. The third-order valence-electron chi connectivity index (χ3n) is 3.68. The fourth-order valence-corrected chi connectivity index (χ4v) is 2.70. The van der Waals surface area contributed by atoms with Crippen molar-refractivity contribution in [3.05, 3.63) is 65.5 Å². The topological polar surface area (TPSA) is 38.0 Å². The smallest absolute Gasteiger partial charge is 0.0851 e. The standard InChI is InChI=1S/C17H18N2O/c1-12-10-14(19(2)18-12)11-17(20)16-9-5-7-13-6-3-4-8-15(13)16/h3-10,17,20H,11H2,1-2H3. The number of rotatable bonds is 3. The van der Waals surface area contributed by atoms with E-state index in [9.17, 15) is 5.11 Å². The van der Waals surface area contributed by atoms with Crippen molar-refractivity contribution >= 4 is 10.8 Å². The van der Waals surface area contributed by atoms with Crippen LogP contribution in [0.5, 0.6) is 0 Å². The van der Waals surface area contributed by atoms with Gasteiger partial charge in [0.15, 0.2) is 0 Å². The van der Waals surface area contributed by atoms with E-state index in [4.69, 9.17) is 0 Å². The van der Waals surface area contributed by atoms with Gasteiger partial charge in [-0.05, 0) is 29.3 Å². The van der Waals surface area contributed by atoms with Crippen LogP contribution in [0.25, 0.3) is 10.8 Å². The van der Waals surface area contributed by atoms with Crippen LogP contribution in [0.1, 0.15) is 23.1 Å². The molecule has 3 heteroatoms. The Morgan fingerprint density at radius 2 is 1.90 bits per heavy atom. The van der Waals surface area contributed by atoms with Gasteiger partial charge in [0.05, 0.1) is 11.8 Å². The average Bonchev–Trinajstić information content (AvgIpc) is 2.76. The average molecular weight is 266 g/mol. The first-order valence-corrected chi connectivity index (χ1v) is 6.80. The molecule has 0 bridgehead atoms. The highest BCUT2D eigenvalue weighted by atomic mass is 16.3. The van der Waals surface area contributed by atoms with E-state index in [0.29, 0.717) is 6.42 Å². The first-order chi connectivity index (χ1) is 9.65. The Hall–Kier alpha value is -2.13. The van der Waals surface area contributed by atoms with E-state index in [1.807, 2.05) is 49.0 Å². The van der Waals surface area contributed by atoms with Crippen molar-refractivity contribution < 1.29 is 5.11 Å². The molecule has 0 aliphatic carbocycles. The summed E-state index contributed by atoms with van der Waals surface area (Å²) in [6.45, 7) is 1.97. The van der Waals surface area contributed by atoms with Gasteiger partial charge in [-0.1, -0.05) is 42.5 Å². The minimum absolute atomic E-state index is 0.518. The first kappa shape index (κ1) is 12.9. The predicted molar refractivity (Wildman–Crippen MR) is 80.6 cm³/mol. The van der Waals surface area contributed by atoms with Crippen molar-refractivity contribution in [3.8, 4) is 0 Å². The molecule has 3 nitrogen and oxygen atoms in total. The van der Waals surface area contributed by atoms with Crippen molar-refractivity contribution in [3.63, 3.8) is 0 Å². The predicted octanol–water partition coefficient (Wildman–Crippen LogP) is 3.16. The lowest BCUT2D eigenvalue weighted by atomic mass is 9.98. The van der Waals surface area contributed by atoms with E-state index in [2.05, 4.69) is 23.3 Å². The molecule has 1 aromatic heterocycles. The van der Waals surface area contributed by atoms with Gasteiger partial charge in [0.25, 0.3) is 0 Å². The molecule has 0 fully saturated rings. The lowest BCUT2D eigenvalue weighted by Crippen LogP contribution is -2.06. The fraction of sp³-hybridized carbons (Fsp3) is 0.235. The second kappa shape index (κ2) is 5.10. The van der Waals surface area contributed by atoms with Gasteiger partial charge in [0.2, 0.25) is 0 Å². The van der Waals surface area contributed by atoms with Crippen LogP contribution in [0, 0.1) is 6.92 Å². The van der Waals surface area contributed by atoms with Crippen molar-refractivity contribution in [2.75, 3.05) is 0 Å². The molecule has 2 aromatic carbocycles. The van der Waals surface area contributed by atoms with Gasteiger partial charge in [-0.25, -0.2) is 0 Å². The summed E-state index contributed by atoms with van der Waals surface area (Å²) in [4.78, 5) is 0. The minimum atomic E-state index is -0.518. The molecule has 0 aliphatic rings. The van der Waals surface area contributed by atoms with E-state index >= 15 is 0 Å². The summed E-state index contributed by atoms with van der Waals surface area (Å²) < 4.78 is 1.84. The molecule has 0 amide bonds. The monoisotopic (exact) mass is 266 g/mol. The molecule has 0 saturated heterocycles. The molecule has 1 heterocycles. The molecule has 1 N–H and O–H groups in total. The molecule has 1 unspecified atom stereocenters. The summed E-state index contributed by atoms with van der Waals surface area (Å²) in [5.41, 5.74) is 3.00. The second-order valence-electron chi connectivity index (χ2n) is 5.19. The number of hydrogen-bond acceptors (Lipinski definition) is 2. The van der Waals surface area contributed by atoms with Crippen LogP contribution in [0.4, 0.5) is 0 Å². The van der Waals surface area contributed by atoms with Gasteiger partial charge < -0.3 is 5.11 Å². The summed E-state index contributed by atoms with van der Waals surface area (Å²) in [6.07, 6.45) is 0.0571. The lowest BCUT2D eigenvalue weighted by Gasteiger charge is -2.14. The molecule has 20 heavy (non-hydrogen) atoms. The summed E-state index contributed by atoms with van der Waals surface area (Å²) >= 11 is 0. The summed E-state index contributed by atoms with van der Waals surface area (Å²) in [6, 6.07) is 16.2. The molecule has 0 aliphatic heterocycles. The maximum Gasteiger partial charge on any atom is 0.0851 e. The lowest BCUT2D eigenvalue weighted by molar-refractivity contribution is 0.177. The second-order valence-corrected chi connectivity index (χ2v) is 5.19. The zero-order chi connectivity index (χ0) is 14.1. The van der Waals surface area contributed by atoms with Crippen LogP contribution in [-0.4, -0.2) is 14.9 Å². The molecule has 3 aromatic rings. The fourth-order valence-electron chi connectivity index (χ4n) is 2.70. The van der Waals surface area contributed by atoms with Crippen molar-refractivity contribution in [1.29, 1.82) is 0 Å². The molecule has 102 valence electrons. The third kappa shape index (κ3) is 2.32. The summed E-state index contributed by atoms with van der Waals surface area (Å²) in [5.74, 6) is 0. The largest absolute Gasteiger partial charge is 0.388 e. The highest BCUT2D eigenvalue weighted by Gasteiger charge is 2.14. The SMILES string of the molecule is Cc1cc(CC(O)c2cccc3ccccc23)n(C)n1. The highest BCUT2D eigenvalue weighted by Crippen LogP contribution is 2.26. The number of fused-ring (bicyclic) bond motifs is 1. The molecule has 1 atom stereocenters. The number of aliphatic hydroxyl groups is 1. The first-order valence-electron chi connectivity index (χ1n) is 6.80. The van der Waals surface area contributed by atoms with Crippen LogP contribution < -0.4 is 0 Å². The van der Waals surface area contributed by atoms with Crippen molar-refractivity contribution in [2.45, 2.75) is 19.4 Å². The van der Waals surface area contributed by atoms with Gasteiger partial charge in [-0.2, -0.15) is 5.10 Å². The third-order valence-corrected chi connectivity index (χ3v) is 3.68. The number of aliphatic hydroxyl groups excluding tert-OH is 1. The Balaban J connectivity index is 1.96. The molecule has 0 spiro atoms. The van der Waals surface area contributed by atoms with Crippen LogP contribution in [-0.2, 0) is 13.5 Å². The molecular weight excluding hydrogens is 248 g/mol. The van der Waals surface area contributed by atoms with E-state index in [1.165, 1.54) is 0 Å². The number of aromatic nitrogens is 2. The quantitative estimate of drug-likeness (QED) is 0.790. The zero-order valence-electron chi connectivity index (χ0n) is 11.7. The van der Waals surface area contributed by atoms with E-state index < -0.39 is 6.10 Å². The Morgan fingerprint density at radius 3 is 2.65 bits per heavy atom. The van der Waals surface area contributed by atoms with Gasteiger partial charge in [0, 0.05) is 19.2 Å². The summed E-state index contributed by atoms with van der Waals surface area (Å²) in [7, 11) is 1.91. The van der Waals surface area contributed by atoms with Crippen LogP contribution in [0.2, 0.25) is 0 Å². The van der Waals surface area contributed by atoms with Crippen LogP contribution in [0.3, 0.4) is 0 Å². The minimum Gasteiger partial charge on any atom is -0.388 e. The molecule has 3 rings (SSSR count).